The molecule has 0 aliphatic rings. The molecule has 0 radical (unpaired) electrons. The van der Waals surface area contributed by atoms with Crippen LogP contribution in [0.4, 0.5) is 0 Å². The second-order valence-electron chi connectivity index (χ2n) is 16.6. The predicted molar refractivity (Wildman–Crippen MR) is 266 cm³/mol. The van der Waals surface area contributed by atoms with Crippen LogP contribution in [-0.2, 0) is 0 Å². The molecule has 0 unspecified atom stereocenters. The molecular weight excluding hydrogens is 763 g/mol. The van der Waals surface area contributed by atoms with Crippen molar-refractivity contribution in [1.29, 1.82) is 0 Å². The van der Waals surface area contributed by atoms with Crippen LogP contribution in [0.25, 0.3) is 116 Å². The minimum atomic E-state index is 1.15. The van der Waals surface area contributed by atoms with Gasteiger partial charge in [0, 0.05) is 49.4 Å². The van der Waals surface area contributed by atoms with Crippen molar-refractivity contribution >= 4 is 65.4 Å². The summed E-state index contributed by atoms with van der Waals surface area (Å²) in [6.45, 7) is 0. The highest BCUT2D eigenvalue weighted by Crippen LogP contribution is 2.41. The molecule has 3 heteroatoms. The molecule has 3 nitrogen and oxygen atoms in total. The molecule has 0 N–H and O–H groups in total. The first kappa shape index (κ1) is 35.4. The number of benzene rings is 10. The van der Waals surface area contributed by atoms with Gasteiger partial charge < -0.3 is 13.7 Å². The van der Waals surface area contributed by atoms with E-state index in [9.17, 15) is 0 Å². The van der Waals surface area contributed by atoms with Crippen LogP contribution in [0.2, 0.25) is 0 Å². The second kappa shape index (κ2) is 14.1. The summed E-state index contributed by atoms with van der Waals surface area (Å²) in [5.41, 5.74) is 17.9. The van der Waals surface area contributed by atoms with E-state index < -0.39 is 0 Å². The Kier molecular flexibility index (Phi) is 7.91. The van der Waals surface area contributed by atoms with Crippen molar-refractivity contribution in [3.63, 3.8) is 0 Å². The van der Waals surface area contributed by atoms with Gasteiger partial charge in [-0.05, 0) is 137 Å². The quantitative estimate of drug-likeness (QED) is 0.159. The molecule has 0 spiro atoms. The molecule has 0 aliphatic carbocycles. The topological polar surface area (TPSA) is 14.8 Å². The van der Waals surface area contributed by atoms with Crippen molar-refractivity contribution in [2.24, 2.45) is 0 Å². The fourth-order valence-corrected chi connectivity index (χ4v) is 10.1. The van der Waals surface area contributed by atoms with E-state index in [2.05, 4.69) is 250 Å². The molecular formula is C60H39N3. The molecule has 0 aliphatic heterocycles. The SMILES string of the molecule is c1ccc(-c2ccc3c(c2)c2cc(-c4ccc5c(c4)c4cc(-c6ccc7c(c6)c6ccccc6n7-c6ccccc6)ccc4n5-c4ccccc4)ccc2n3-c2ccccc2)cc1. The average molecular weight is 802 g/mol. The largest absolute Gasteiger partial charge is 0.309 e. The van der Waals surface area contributed by atoms with Crippen molar-refractivity contribution in [2.45, 2.75) is 0 Å². The Bertz CT molecular complexity index is 3870. The Labute approximate surface area is 364 Å². The van der Waals surface area contributed by atoms with E-state index in [1.807, 2.05) is 0 Å². The zero-order chi connectivity index (χ0) is 41.4. The van der Waals surface area contributed by atoms with Gasteiger partial charge in [0.05, 0.1) is 33.1 Å². The third kappa shape index (κ3) is 5.60. The first-order valence-corrected chi connectivity index (χ1v) is 21.7. The van der Waals surface area contributed by atoms with E-state index in [4.69, 9.17) is 0 Å². The minimum Gasteiger partial charge on any atom is -0.309 e. The summed E-state index contributed by atoms with van der Waals surface area (Å²) in [6.07, 6.45) is 0. The van der Waals surface area contributed by atoms with Gasteiger partial charge in [0.1, 0.15) is 0 Å². The Balaban J connectivity index is 1.00. The summed E-state index contributed by atoms with van der Waals surface area (Å²) >= 11 is 0. The second-order valence-corrected chi connectivity index (χ2v) is 16.6. The van der Waals surface area contributed by atoms with Crippen LogP contribution in [0.15, 0.2) is 237 Å². The number of hydrogen-bond donors (Lipinski definition) is 0. The lowest BCUT2D eigenvalue weighted by atomic mass is 9.98. The van der Waals surface area contributed by atoms with Gasteiger partial charge in [-0.1, -0.05) is 133 Å². The third-order valence-corrected chi connectivity index (χ3v) is 13.0. The maximum absolute atomic E-state index is 2.41. The van der Waals surface area contributed by atoms with E-state index in [1.165, 1.54) is 104 Å². The van der Waals surface area contributed by atoms with Crippen LogP contribution in [0.3, 0.4) is 0 Å². The van der Waals surface area contributed by atoms with Gasteiger partial charge in [-0.2, -0.15) is 0 Å². The van der Waals surface area contributed by atoms with Gasteiger partial charge in [0.25, 0.3) is 0 Å². The molecule has 10 aromatic carbocycles. The summed E-state index contributed by atoms with van der Waals surface area (Å²) < 4.78 is 7.19. The third-order valence-electron chi connectivity index (χ3n) is 13.0. The Hall–Kier alpha value is -8.40. The van der Waals surface area contributed by atoms with Crippen LogP contribution >= 0.6 is 0 Å². The summed E-state index contributed by atoms with van der Waals surface area (Å²) in [5.74, 6) is 0. The highest BCUT2D eigenvalue weighted by Gasteiger charge is 2.19. The van der Waals surface area contributed by atoms with Crippen LogP contribution in [0.5, 0.6) is 0 Å². The number of fused-ring (bicyclic) bond motifs is 9. The smallest absolute Gasteiger partial charge is 0.0541 e. The van der Waals surface area contributed by atoms with E-state index in [0.29, 0.717) is 0 Å². The fourth-order valence-electron chi connectivity index (χ4n) is 10.1. The number of para-hydroxylation sites is 4. The van der Waals surface area contributed by atoms with Gasteiger partial charge in [-0.3, -0.25) is 0 Å². The fraction of sp³-hybridized carbons (Fsp3) is 0. The number of aromatic nitrogens is 3. The molecule has 13 rings (SSSR count). The van der Waals surface area contributed by atoms with Crippen LogP contribution < -0.4 is 0 Å². The average Bonchev–Trinajstić information content (AvgIpc) is 3.99. The molecule has 294 valence electrons. The first-order valence-electron chi connectivity index (χ1n) is 21.7. The lowest BCUT2D eigenvalue weighted by molar-refractivity contribution is 1.18. The lowest BCUT2D eigenvalue weighted by Crippen LogP contribution is -1.93. The molecule has 0 saturated heterocycles. The number of rotatable bonds is 6. The van der Waals surface area contributed by atoms with Gasteiger partial charge in [0.2, 0.25) is 0 Å². The number of hydrogen-bond acceptors (Lipinski definition) is 0. The molecule has 0 atom stereocenters. The summed E-state index contributed by atoms with van der Waals surface area (Å²) in [5, 5.41) is 7.45. The molecule has 3 heterocycles. The molecule has 3 aromatic heterocycles. The van der Waals surface area contributed by atoms with Crippen LogP contribution in [0, 0.1) is 0 Å². The van der Waals surface area contributed by atoms with Crippen molar-refractivity contribution in [3.8, 4) is 50.4 Å². The lowest BCUT2D eigenvalue weighted by Gasteiger charge is -2.09. The first-order chi connectivity index (χ1) is 31.2. The molecule has 13 aromatic rings. The standard InChI is InChI=1S/C60H39N3/c1-5-15-40(16-6-1)41-25-30-57-51(35-41)52-38-44(28-33-58(52)62(57)47-19-9-3-10-20-47)45-29-34-60-54(39-45)53-37-43(27-32-59(53)63(60)48-21-11-4-12-22-48)42-26-31-56-50(36-42)49-23-13-14-24-55(49)61(56)46-17-7-2-8-18-46/h1-39H. The van der Waals surface area contributed by atoms with E-state index in [1.54, 1.807) is 0 Å². The molecule has 0 fully saturated rings. The van der Waals surface area contributed by atoms with Crippen molar-refractivity contribution < 1.29 is 0 Å². The summed E-state index contributed by atoms with van der Waals surface area (Å²) in [7, 11) is 0. The molecule has 0 amide bonds. The van der Waals surface area contributed by atoms with Crippen LogP contribution in [-0.4, -0.2) is 13.7 Å². The monoisotopic (exact) mass is 801 g/mol. The normalized spacial score (nSPS) is 11.8. The van der Waals surface area contributed by atoms with E-state index in [-0.39, 0.29) is 0 Å². The van der Waals surface area contributed by atoms with Gasteiger partial charge in [-0.25, -0.2) is 0 Å². The molecule has 63 heavy (non-hydrogen) atoms. The van der Waals surface area contributed by atoms with Crippen molar-refractivity contribution in [3.05, 3.63) is 237 Å². The van der Waals surface area contributed by atoms with Crippen molar-refractivity contribution in [2.75, 3.05) is 0 Å². The minimum absolute atomic E-state index is 1.15. The Morgan fingerprint density at radius 3 is 0.778 bits per heavy atom. The molecule has 0 saturated carbocycles. The van der Waals surface area contributed by atoms with E-state index in [0.717, 1.165) is 11.4 Å². The zero-order valence-electron chi connectivity index (χ0n) is 34.4. The Morgan fingerprint density at radius 2 is 0.429 bits per heavy atom. The highest BCUT2D eigenvalue weighted by atomic mass is 15.0. The summed E-state index contributed by atoms with van der Waals surface area (Å²) in [4.78, 5) is 0. The van der Waals surface area contributed by atoms with Gasteiger partial charge in [-0.15, -0.1) is 0 Å². The predicted octanol–water partition coefficient (Wildman–Crippen LogP) is 16.0. The van der Waals surface area contributed by atoms with Gasteiger partial charge in [0.15, 0.2) is 0 Å². The van der Waals surface area contributed by atoms with E-state index >= 15 is 0 Å². The van der Waals surface area contributed by atoms with Crippen LogP contribution in [0.1, 0.15) is 0 Å². The maximum Gasteiger partial charge on any atom is 0.0541 e. The van der Waals surface area contributed by atoms with Crippen molar-refractivity contribution in [1.82, 2.24) is 13.7 Å². The number of nitrogens with zero attached hydrogens (tertiary/aromatic N) is 3. The highest BCUT2D eigenvalue weighted by molar-refractivity contribution is 6.15. The summed E-state index contributed by atoms with van der Waals surface area (Å²) in [6, 6.07) is 86.5. The Morgan fingerprint density at radius 1 is 0.175 bits per heavy atom. The van der Waals surface area contributed by atoms with Gasteiger partial charge >= 0.3 is 0 Å². The molecule has 0 bridgehead atoms. The maximum atomic E-state index is 2.41. The zero-order valence-corrected chi connectivity index (χ0v) is 34.4.